The quantitative estimate of drug-likeness (QED) is 0.649. The number of nitrogens with one attached hydrogen (secondary N) is 1. The molecule has 1 aromatic rings. The molecule has 3 nitrogen and oxygen atoms in total. The van der Waals surface area contributed by atoms with Crippen LogP contribution in [0.2, 0.25) is 5.02 Å². The highest BCUT2D eigenvalue weighted by atomic mass is 35.5. The lowest BCUT2D eigenvalue weighted by Crippen LogP contribution is -2.05. The number of para-hydroxylation sites is 1. The molecule has 0 heterocycles. The van der Waals surface area contributed by atoms with E-state index in [4.69, 9.17) is 11.6 Å². The van der Waals surface area contributed by atoms with E-state index >= 15 is 0 Å². The molecule has 0 radical (unpaired) electrons. The van der Waals surface area contributed by atoms with Gasteiger partial charge in [-0.3, -0.25) is 0 Å². The van der Waals surface area contributed by atoms with Crippen LogP contribution in [0.5, 0.6) is 0 Å². The second-order valence-corrected chi connectivity index (χ2v) is 3.65. The molecule has 0 spiro atoms. The maximum absolute atomic E-state index is 11.1. The summed E-state index contributed by atoms with van der Waals surface area (Å²) >= 11 is 5.95. The van der Waals surface area contributed by atoms with Crippen LogP contribution in [0.4, 0.5) is 5.69 Å². The van der Waals surface area contributed by atoms with Crippen molar-refractivity contribution < 1.29 is 9.53 Å². The highest BCUT2D eigenvalue weighted by molar-refractivity contribution is 6.33. The van der Waals surface area contributed by atoms with Crippen molar-refractivity contribution in [1.82, 2.24) is 0 Å². The third kappa shape index (κ3) is 3.59. The molecule has 1 N–H and O–H groups in total. The number of carbonyl (C=O) groups is 1. The van der Waals surface area contributed by atoms with Gasteiger partial charge in [0.25, 0.3) is 0 Å². The molecule has 1 rings (SSSR count). The van der Waals surface area contributed by atoms with Crippen LogP contribution >= 0.6 is 11.6 Å². The molecule has 0 fully saturated rings. The molecule has 0 aliphatic carbocycles. The summed E-state index contributed by atoms with van der Waals surface area (Å²) in [6.45, 7) is 2.24. The number of anilines is 1. The van der Waals surface area contributed by atoms with Crippen molar-refractivity contribution in [2.24, 2.45) is 0 Å². The van der Waals surface area contributed by atoms with Gasteiger partial charge in [-0.2, -0.15) is 0 Å². The fraction of sp³-hybridized carbons (Fsp3) is 0.250. The molecule has 0 aliphatic heterocycles. The minimum Gasteiger partial charge on any atom is -0.466 e. The second-order valence-electron chi connectivity index (χ2n) is 3.24. The second kappa shape index (κ2) is 6.18. The summed E-state index contributed by atoms with van der Waals surface area (Å²) in [7, 11) is 1.36. The molecule has 16 heavy (non-hydrogen) atoms. The number of carbonyl (C=O) groups excluding carboxylic acids is 1. The molecule has 1 aromatic carbocycles. The normalized spacial score (nSPS) is 11.1. The minimum atomic E-state index is -0.319. The van der Waals surface area contributed by atoms with E-state index in [-0.39, 0.29) is 5.97 Å². The number of esters is 1. The summed E-state index contributed by atoms with van der Waals surface area (Å²) in [5.74, 6) is -0.319. The highest BCUT2D eigenvalue weighted by Gasteiger charge is 2.01. The lowest BCUT2D eigenvalue weighted by molar-refractivity contribution is -0.136. The van der Waals surface area contributed by atoms with Crippen molar-refractivity contribution in [3.63, 3.8) is 0 Å². The Balaban J connectivity index is 2.53. The number of methoxy groups -OCH3 is 1. The average molecular weight is 240 g/mol. The Kier molecular flexibility index (Phi) is 4.86. The monoisotopic (exact) mass is 239 g/mol. The fourth-order valence-corrected chi connectivity index (χ4v) is 1.37. The predicted molar refractivity (Wildman–Crippen MR) is 65.7 cm³/mol. The third-order valence-corrected chi connectivity index (χ3v) is 2.41. The van der Waals surface area contributed by atoms with Gasteiger partial charge in [-0.25, -0.2) is 4.79 Å². The van der Waals surface area contributed by atoms with Crippen LogP contribution in [0.3, 0.4) is 0 Å². The Morgan fingerprint density at radius 2 is 2.19 bits per heavy atom. The summed E-state index contributed by atoms with van der Waals surface area (Å²) in [5, 5.41) is 3.77. The van der Waals surface area contributed by atoms with Crippen LogP contribution in [0.1, 0.15) is 6.92 Å². The van der Waals surface area contributed by atoms with E-state index < -0.39 is 0 Å². The van der Waals surface area contributed by atoms with E-state index in [0.717, 1.165) is 5.69 Å². The summed E-state index contributed by atoms with van der Waals surface area (Å²) in [6, 6.07) is 7.44. The number of ether oxygens (including phenoxy) is 1. The standard InChI is InChI=1S/C12H14ClNO2/c1-9(12(15)16-2)7-8-14-11-6-4-3-5-10(11)13/h3-7,14H,8H2,1-2H3/b9-7+. The Hall–Kier alpha value is -1.48. The molecule has 4 heteroatoms. The number of hydrogen-bond donors (Lipinski definition) is 1. The van der Waals surface area contributed by atoms with Crippen molar-refractivity contribution in [2.45, 2.75) is 6.92 Å². The molecular formula is C12H14ClNO2. The van der Waals surface area contributed by atoms with E-state index in [0.29, 0.717) is 17.1 Å². The summed E-state index contributed by atoms with van der Waals surface area (Å²) in [5.41, 5.74) is 1.42. The van der Waals surface area contributed by atoms with Crippen LogP contribution < -0.4 is 5.32 Å². The van der Waals surface area contributed by atoms with Crippen LogP contribution in [0.25, 0.3) is 0 Å². The Labute approximate surface area is 100 Å². The van der Waals surface area contributed by atoms with Crippen molar-refractivity contribution >= 4 is 23.3 Å². The molecule has 0 aromatic heterocycles. The van der Waals surface area contributed by atoms with Crippen molar-refractivity contribution in [3.05, 3.63) is 40.9 Å². The Bertz CT molecular complexity index is 402. The van der Waals surface area contributed by atoms with Crippen LogP contribution in [0.15, 0.2) is 35.9 Å². The Morgan fingerprint density at radius 1 is 1.50 bits per heavy atom. The van der Waals surface area contributed by atoms with Gasteiger partial charge in [0, 0.05) is 12.1 Å². The number of rotatable bonds is 4. The third-order valence-electron chi connectivity index (χ3n) is 2.08. The van der Waals surface area contributed by atoms with E-state index in [1.807, 2.05) is 18.2 Å². The molecule has 0 aliphatic rings. The average Bonchev–Trinajstić information content (AvgIpc) is 2.30. The zero-order chi connectivity index (χ0) is 12.0. The van der Waals surface area contributed by atoms with Crippen molar-refractivity contribution in [2.75, 3.05) is 19.0 Å². The fourth-order valence-electron chi connectivity index (χ4n) is 1.16. The largest absolute Gasteiger partial charge is 0.466 e. The summed E-state index contributed by atoms with van der Waals surface area (Å²) < 4.78 is 4.58. The highest BCUT2D eigenvalue weighted by Crippen LogP contribution is 2.19. The molecule has 0 saturated carbocycles. The maximum atomic E-state index is 11.1. The van der Waals surface area contributed by atoms with Gasteiger partial charge < -0.3 is 10.1 Å². The van der Waals surface area contributed by atoms with E-state index in [1.54, 1.807) is 19.1 Å². The molecular weight excluding hydrogens is 226 g/mol. The van der Waals surface area contributed by atoms with Gasteiger partial charge in [-0.15, -0.1) is 0 Å². The van der Waals surface area contributed by atoms with Crippen LogP contribution in [0, 0.1) is 0 Å². The Morgan fingerprint density at radius 3 is 2.81 bits per heavy atom. The number of benzene rings is 1. The van der Waals surface area contributed by atoms with Gasteiger partial charge in [0.05, 0.1) is 17.8 Å². The van der Waals surface area contributed by atoms with Crippen LogP contribution in [-0.2, 0) is 9.53 Å². The lowest BCUT2D eigenvalue weighted by atomic mass is 10.2. The van der Waals surface area contributed by atoms with Gasteiger partial charge in [0.15, 0.2) is 0 Å². The van der Waals surface area contributed by atoms with Gasteiger partial charge in [-0.05, 0) is 19.1 Å². The predicted octanol–water partition coefficient (Wildman–Crippen LogP) is 2.87. The van der Waals surface area contributed by atoms with Crippen molar-refractivity contribution in [1.29, 1.82) is 0 Å². The molecule has 0 bridgehead atoms. The first-order valence-corrected chi connectivity index (χ1v) is 5.26. The summed E-state index contributed by atoms with van der Waals surface area (Å²) in [6.07, 6.45) is 1.76. The molecule has 0 atom stereocenters. The van der Waals surface area contributed by atoms with Gasteiger partial charge >= 0.3 is 5.97 Å². The smallest absolute Gasteiger partial charge is 0.333 e. The maximum Gasteiger partial charge on any atom is 0.333 e. The minimum absolute atomic E-state index is 0.319. The topological polar surface area (TPSA) is 38.3 Å². The molecule has 0 amide bonds. The zero-order valence-corrected chi connectivity index (χ0v) is 10.0. The summed E-state index contributed by atoms with van der Waals surface area (Å²) in [4.78, 5) is 11.1. The van der Waals surface area contributed by atoms with Gasteiger partial charge in [0.2, 0.25) is 0 Å². The zero-order valence-electron chi connectivity index (χ0n) is 9.29. The number of hydrogen-bond acceptors (Lipinski definition) is 3. The first-order valence-electron chi connectivity index (χ1n) is 4.88. The van der Waals surface area contributed by atoms with E-state index in [1.165, 1.54) is 7.11 Å². The molecule has 0 unspecified atom stereocenters. The van der Waals surface area contributed by atoms with E-state index in [9.17, 15) is 4.79 Å². The first kappa shape index (κ1) is 12.6. The lowest BCUT2D eigenvalue weighted by Gasteiger charge is -2.05. The SMILES string of the molecule is COC(=O)/C(C)=C/CNc1ccccc1Cl. The molecule has 0 saturated heterocycles. The number of halogens is 1. The van der Waals surface area contributed by atoms with Gasteiger partial charge in [0.1, 0.15) is 0 Å². The van der Waals surface area contributed by atoms with Gasteiger partial charge in [-0.1, -0.05) is 29.8 Å². The van der Waals surface area contributed by atoms with Crippen molar-refractivity contribution in [3.8, 4) is 0 Å². The molecule has 86 valence electrons. The van der Waals surface area contributed by atoms with Crippen LogP contribution in [-0.4, -0.2) is 19.6 Å². The van der Waals surface area contributed by atoms with E-state index in [2.05, 4.69) is 10.1 Å². The first-order chi connectivity index (χ1) is 7.65.